The van der Waals surface area contributed by atoms with E-state index in [0.717, 1.165) is 34.0 Å². The van der Waals surface area contributed by atoms with Gasteiger partial charge in [-0.3, -0.25) is 0 Å². The lowest BCUT2D eigenvalue weighted by Gasteiger charge is -2.18. The molecule has 19 heavy (non-hydrogen) atoms. The van der Waals surface area contributed by atoms with E-state index in [9.17, 15) is 0 Å². The van der Waals surface area contributed by atoms with Crippen LogP contribution in [0.25, 0.3) is 10.9 Å². The molecule has 2 heterocycles. The summed E-state index contributed by atoms with van der Waals surface area (Å²) < 4.78 is 0. The number of nitrogens with zero attached hydrogens (tertiary/aromatic N) is 4. The summed E-state index contributed by atoms with van der Waals surface area (Å²) in [5.41, 5.74) is 2.04. The first kappa shape index (κ1) is 12.0. The molecule has 3 rings (SSSR count). The van der Waals surface area contributed by atoms with Gasteiger partial charge in [0.2, 0.25) is 0 Å². The second-order valence-corrected chi connectivity index (χ2v) is 5.40. The molecule has 0 radical (unpaired) electrons. The highest BCUT2D eigenvalue weighted by atomic mass is 32.1. The molecule has 0 saturated heterocycles. The van der Waals surface area contributed by atoms with Crippen LogP contribution in [0.4, 0.5) is 5.82 Å². The molecule has 2 aromatic heterocycles. The minimum absolute atomic E-state index is 0.763. The Labute approximate surface area is 115 Å². The zero-order chi connectivity index (χ0) is 13.2. The Bertz CT molecular complexity index is 702. The van der Waals surface area contributed by atoms with Crippen LogP contribution < -0.4 is 4.90 Å². The van der Waals surface area contributed by atoms with Gasteiger partial charge in [-0.05, 0) is 19.1 Å². The summed E-state index contributed by atoms with van der Waals surface area (Å²) in [4.78, 5) is 15.3. The average molecular weight is 270 g/mol. The zero-order valence-corrected chi connectivity index (χ0v) is 11.7. The van der Waals surface area contributed by atoms with E-state index in [1.54, 1.807) is 17.7 Å². The van der Waals surface area contributed by atoms with Crippen LogP contribution in [0.1, 0.15) is 10.7 Å². The fourth-order valence-electron chi connectivity index (χ4n) is 2.05. The normalized spacial score (nSPS) is 10.8. The largest absolute Gasteiger partial charge is 0.352 e. The minimum Gasteiger partial charge on any atom is -0.352 e. The lowest BCUT2D eigenvalue weighted by atomic mass is 10.2. The summed E-state index contributed by atoms with van der Waals surface area (Å²) >= 11 is 1.68. The highest BCUT2D eigenvalue weighted by Gasteiger charge is 2.10. The standard InChI is InChI=1S/C14H14N4S/c1-10-8-19-13(17-10)7-18(2)14-11-5-3-4-6-12(11)15-9-16-14/h3-6,8-9H,7H2,1-2H3. The maximum atomic E-state index is 4.49. The molecule has 1 aromatic carbocycles. The molecule has 4 nitrogen and oxygen atoms in total. The molecule has 5 heteroatoms. The Morgan fingerprint density at radius 3 is 2.84 bits per heavy atom. The summed E-state index contributed by atoms with van der Waals surface area (Å²) in [6.45, 7) is 2.78. The van der Waals surface area contributed by atoms with Gasteiger partial charge in [-0.25, -0.2) is 15.0 Å². The molecule has 0 aliphatic rings. The smallest absolute Gasteiger partial charge is 0.140 e. The summed E-state index contributed by atoms with van der Waals surface area (Å²) in [5, 5.41) is 4.24. The van der Waals surface area contributed by atoms with Crippen molar-refractivity contribution >= 4 is 28.1 Å². The average Bonchev–Trinajstić information content (AvgIpc) is 2.83. The van der Waals surface area contributed by atoms with E-state index in [2.05, 4.69) is 25.2 Å². The van der Waals surface area contributed by atoms with Gasteiger partial charge in [-0.1, -0.05) is 12.1 Å². The number of aryl methyl sites for hydroxylation is 1. The van der Waals surface area contributed by atoms with Gasteiger partial charge in [-0.2, -0.15) is 0 Å². The first-order valence-electron chi connectivity index (χ1n) is 6.06. The number of hydrogen-bond acceptors (Lipinski definition) is 5. The van der Waals surface area contributed by atoms with E-state index >= 15 is 0 Å². The summed E-state index contributed by atoms with van der Waals surface area (Å²) in [7, 11) is 2.03. The fraction of sp³-hybridized carbons (Fsp3) is 0.214. The maximum Gasteiger partial charge on any atom is 0.140 e. The van der Waals surface area contributed by atoms with E-state index in [4.69, 9.17) is 0 Å². The van der Waals surface area contributed by atoms with Crippen molar-refractivity contribution in [2.45, 2.75) is 13.5 Å². The predicted molar refractivity (Wildman–Crippen MR) is 78.5 cm³/mol. The third-order valence-corrected chi connectivity index (χ3v) is 3.87. The first-order valence-corrected chi connectivity index (χ1v) is 6.94. The van der Waals surface area contributed by atoms with E-state index in [0.29, 0.717) is 0 Å². The van der Waals surface area contributed by atoms with E-state index in [-0.39, 0.29) is 0 Å². The van der Waals surface area contributed by atoms with Crippen molar-refractivity contribution < 1.29 is 0 Å². The number of para-hydroxylation sites is 1. The molecule has 3 aromatic rings. The second kappa shape index (κ2) is 4.93. The number of rotatable bonds is 3. The van der Waals surface area contributed by atoms with Crippen molar-refractivity contribution in [2.24, 2.45) is 0 Å². The van der Waals surface area contributed by atoms with Gasteiger partial charge in [0, 0.05) is 23.5 Å². The second-order valence-electron chi connectivity index (χ2n) is 4.45. The van der Waals surface area contributed by atoms with Crippen molar-refractivity contribution in [3.63, 3.8) is 0 Å². The summed E-state index contributed by atoms with van der Waals surface area (Å²) in [6.07, 6.45) is 1.61. The Hall–Kier alpha value is -2.01. The molecule has 0 aliphatic heterocycles. The van der Waals surface area contributed by atoms with Crippen LogP contribution in [0.3, 0.4) is 0 Å². The fourth-order valence-corrected chi connectivity index (χ4v) is 2.87. The molecular formula is C14H14N4S. The molecule has 0 N–H and O–H groups in total. The Kier molecular flexibility index (Phi) is 3.13. The monoisotopic (exact) mass is 270 g/mol. The van der Waals surface area contributed by atoms with Crippen molar-refractivity contribution in [1.29, 1.82) is 0 Å². The lowest BCUT2D eigenvalue weighted by molar-refractivity contribution is 0.885. The van der Waals surface area contributed by atoms with Crippen LogP contribution in [0.5, 0.6) is 0 Å². The van der Waals surface area contributed by atoms with Gasteiger partial charge in [0.15, 0.2) is 0 Å². The molecule has 0 aliphatic carbocycles. The molecule has 0 bridgehead atoms. The zero-order valence-electron chi connectivity index (χ0n) is 10.9. The number of fused-ring (bicyclic) bond motifs is 1. The summed E-state index contributed by atoms with van der Waals surface area (Å²) in [5.74, 6) is 0.943. The van der Waals surface area contributed by atoms with Crippen molar-refractivity contribution in [3.8, 4) is 0 Å². The van der Waals surface area contributed by atoms with Gasteiger partial charge in [0.1, 0.15) is 17.2 Å². The van der Waals surface area contributed by atoms with Crippen molar-refractivity contribution in [3.05, 3.63) is 46.7 Å². The molecule has 0 spiro atoms. The van der Waals surface area contributed by atoms with Crippen molar-refractivity contribution in [1.82, 2.24) is 15.0 Å². The van der Waals surface area contributed by atoms with Gasteiger partial charge in [-0.15, -0.1) is 11.3 Å². The number of thiazole rings is 1. The van der Waals surface area contributed by atoms with Gasteiger partial charge in [0.05, 0.1) is 12.1 Å². The number of hydrogen-bond donors (Lipinski definition) is 0. The minimum atomic E-state index is 0.763. The number of benzene rings is 1. The van der Waals surface area contributed by atoms with Crippen LogP contribution in [0.15, 0.2) is 36.0 Å². The Morgan fingerprint density at radius 1 is 1.21 bits per heavy atom. The van der Waals surface area contributed by atoms with E-state index < -0.39 is 0 Å². The Balaban J connectivity index is 1.95. The Morgan fingerprint density at radius 2 is 2.05 bits per heavy atom. The highest BCUT2D eigenvalue weighted by Crippen LogP contribution is 2.23. The van der Waals surface area contributed by atoms with Crippen LogP contribution in [0, 0.1) is 6.92 Å². The molecule has 0 amide bonds. The van der Waals surface area contributed by atoms with Crippen LogP contribution in [0.2, 0.25) is 0 Å². The van der Waals surface area contributed by atoms with Crippen molar-refractivity contribution in [2.75, 3.05) is 11.9 Å². The summed E-state index contributed by atoms with van der Waals surface area (Å²) in [6, 6.07) is 8.05. The molecule has 0 unspecified atom stereocenters. The third-order valence-electron chi connectivity index (χ3n) is 2.92. The maximum absolute atomic E-state index is 4.49. The molecule has 0 fully saturated rings. The number of aromatic nitrogens is 3. The highest BCUT2D eigenvalue weighted by molar-refractivity contribution is 7.09. The lowest BCUT2D eigenvalue weighted by Crippen LogP contribution is -2.18. The van der Waals surface area contributed by atoms with E-state index in [1.807, 2.05) is 38.2 Å². The molecule has 96 valence electrons. The van der Waals surface area contributed by atoms with Gasteiger partial charge in [0.25, 0.3) is 0 Å². The molecular weight excluding hydrogens is 256 g/mol. The molecule has 0 saturated carbocycles. The van der Waals surface area contributed by atoms with Crippen LogP contribution in [-0.4, -0.2) is 22.0 Å². The predicted octanol–water partition coefficient (Wildman–Crippen LogP) is 3.03. The topological polar surface area (TPSA) is 41.9 Å². The van der Waals surface area contributed by atoms with E-state index in [1.165, 1.54) is 0 Å². The van der Waals surface area contributed by atoms with Crippen LogP contribution in [-0.2, 0) is 6.54 Å². The van der Waals surface area contributed by atoms with Gasteiger partial charge >= 0.3 is 0 Å². The number of anilines is 1. The first-order chi connectivity index (χ1) is 9.24. The van der Waals surface area contributed by atoms with Crippen LogP contribution >= 0.6 is 11.3 Å². The third kappa shape index (κ3) is 2.42. The SMILES string of the molecule is Cc1csc(CN(C)c2ncnc3ccccc23)n1. The van der Waals surface area contributed by atoms with Gasteiger partial charge < -0.3 is 4.90 Å². The quantitative estimate of drug-likeness (QED) is 0.733. The molecule has 0 atom stereocenters.